The van der Waals surface area contributed by atoms with Gasteiger partial charge < -0.3 is 4.57 Å². The Morgan fingerprint density at radius 3 is 2.84 bits per heavy atom. The van der Waals surface area contributed by atoms with Crippen LogP contribution in [-0.4, -0.2) is 24.5 Å². The predicted octanol–water partition coefficient (Wildman–Crippen LogP) is 3.72. The van der Waals surface area contributed by atoms with Crippen LogP contribution in [-0.2, 0) is 19.9 Å². The first-order valence-electron chi connectivity index (χ1n) is 7.95. The summed E-state index contributed by atoms with van der Waals surface area (Å²) in [5, 5.41) is 3.75. The van der Waals surface area contributed by atoms with Gasteiger partial charge in [0.15, 0.2) is 0 Å². The maximum absolute atomic E-state index is 13.5. The van der Waals surface area contributed by atoms with Crippen LogP contribution < -0.4 is 0 Å². The summed E-state index contributed by atoms with van der Waals surface area (Å²) in [7, 11) is 1.98. The van der Waals surface area contributed by atoms with Crippen LogP contribution in [0.3, 0.4) is 0 Å². The third kappa shape index (κ3) is 3.15. The SMILES string of the molecule is Cc1nc(CCc2nc(-c3nccs3)cn2C)c2ccc(F)cc2n1. The van der Waals surface area contributed by atoms with Crippen LogP contribution in [0.2, 0.25) is 0 Å². The number of hydrogen-bond acceptors (Lipinski definition) is 5. The van der Waals surface area contributed by atoms with E-state index in [1.54, 1.807) is 23.6 Å². The molecule has 126 valence electrons. The fourth-order valence-electron chi connectivity index (χ4n) is 2.91. The Balaban J connectivity index is 1.63. The number of nitrogens with zero attached hydrogens (tertiary/aromatic N) is 5. The molecule has 0 aliphatic rings. The highest BCUT2D eigenvalue weighted by atomic mass is 32.1. The summed E-state index contributed by atoms with van der Waals surface area (Å²) in [5.74, 6) is 1.34. The number of aryl methyl sites for hydroxylation is 4. The van der Waals surface area contributed by atoms with Gasteiger partial charge in [-0.05, 0) is 25.5 Å². The molecule has 25 heavy (non-hydrogen) atoms. The van der Waals surface area contributed by atoms with Crippen molar-refractivity contribution in [2.24, 2.45) is 7.05 Å². The number of thiazole rings is 1. The van der Waals surface area contributed by atoms with Gasteiger partial charge >= 0.3 is 0 Å². The number of rotatable bonds is 4. The van der Waals surface area contributed by atoms with Crippen LogP contribution in [0.15, 0.2) is 36.0 Å². The molecule has 0 spiro atoms. The van der Waals surface area contributed by atoms with Gasteiger partial charge in [-0.3, -0.25) is 0 Å². The third-order valence-electron chi connectivity index (χ3n) is 4.06. The number of hydrogen-bond donors (Lipinski definition) is 0. The fraction of sp³-hybridized carbons (Fsp3) is 0.222. The summed E-state index contributed by atoms with van der Waals surface area (Å²) in [6, 6.07) is 4.65. The smallest absolute Gasteiger partial charge is 0.143 e. The summed E-state index contributed by atoms with van der Waals surface area (Å²) in [5.41, 5.74) is 2.45. The Labute approximate surface area is 148 Å². The van der Waals surface area contributed by atoms with E-state index in [4.69, 9.17) is 4.98 Å². The Hall–Kier alpha value is -2.67. The predicted molar refractivity (Wildman–Crippen MR) is 96.0 cm³/mol. The van der Waals surface area contributed by atoms with Crippen LogP contribution in [0, 0.1) is 12.7 Å². The Bertz CT molecular complexity index is 1030. The normalized spacial score (nSPS) is 11.3. The molecule has 0 radical (unpaired) electrons. The van der Waals surface area contributed by atoms with Crippen molar-refractivity contribution in [2.75, 3.05) is 0 Å². The first-order valence-corrected chi connectivity index (χ1v) is 8.83. The minimum absolute atomic E-state index is 0.284. The van der Waals surface area contributed by atoms with Gasteiger partial charge in [0, 0.05) is 42.7 Å². The third-order valence-corrected chi connectivity index (χ3v) is 4.85. The molecule has 3 aromatic heterocycles. The van der Waals surface area contributed by atoms with E-state index in [1.807, 2.05) is 30.1 Å². The lowest BCUT2D eigenvalue weighted by molar-refractivity contribution is 0.629. The zero-order chi connectivity index (χ0) is 17.4. The number of halogens is 1. The zero-order valence-corrected chi connectivity index (χ0v) is 14.7. The van der Waals surface area contributed by atoms with E-state index in [9.17, 15) is 4.39 Å². The molecule has 0 aliphatic carbocycles. The molecule has 0 N–H and O–H groups in total. The van der Waals surface area contributed by atoms with E-state index in [-0.39, 0.29) is 5.82 Å². The second-order valence-electron chi connectivity index (χ2n) is 5.87. The number of benzene rings is 1. The van der Waals surface area contributed by atoms with Gasteiger partial charge in [-0.2, -0.15) is 0 Å². The first-order chi connectivity index (χ1) is 12.1. The van der Waals surface area contributed by atoms with Crippen molar-refractivity contribution in [3.05, 3.63) is 59.1 Å². The van der Waals surface area contributed by atoms with Crippen molar-refractivity contribution < 1.29 is 4.39 Å². The summed E-state index contributed by atoms with van der Waals surface area (Å²) >= 11 is 1.57. The van der Waals surface area contributed by atoms with E-state index in [2.05, 4.69) is 15.0 Å². The van der Waals surface area contributed by atoms with Gasteiger partial charge in [-0.15, -0.1) is 11.3 Å². The lowest BCUT2D eigenvalue weighted by Gasteiger charge is -2.07. The van der Waals surface area contributed by atoms with E-state index in [0.717, 1.165) is 34.0 Å². The van der Waals surface area contributed by atoms with Gasteiger partial charge in [0.2, 0.25) is 0 Å². The maximum Gasteiger partial charge on any atom is 0.143 e. The molecule has 0 unspecified atom stereocenters. The summed E-state index contributed by atoms with van der Waals surface area (Å²) < 4.78 is 15.5. The van der Waals surface area contributed by atoms with Gasteiger partial charge in [0.25, 0.3) is 0 Å². The van der Waals surface area contributed by atoms with Gasteiger partial charge in [0.1, 0.15) is 28.2 Å². The van der Waals surface area contributed by atoms with E-state index in [1.165, 1.54) is 12.1 Å². The molecular weight excluding hydrogens is 337 g/mol. The molecule has 4 aromatic rings. The van der Waals surface area contributed by atoms with Crippen molar-refractivity contribution in [2.45, 2.75) is 19.8 Å². The summed E-state index contributed by atoms with van der Waals surface area (Å²) in [6.07, 6.45) is 5.23. The van der Waals surface area contributed by atoms with Crippen LogP contribution in [0.1, 0.15) is 17.3 Å². The van der Waals surface area contributed by atoms with Crippen molar-refractivity contribution in [3.8, 4) is 10.7 Å². The second kappa shape index (κ2) is 6.33. The molecule has 0 fully saturated rings. The number of imidazole rings is 1. The van der Waals surface area contributed by atoms with Crippen LogP contribution >= 0.6 is 11.3 Å². The zero-order valence-electron chi connectivity index (χ0n) is 13.9. The van der Waals surface area contributed by atoms with Crippen LogP contribution in [0.5, 0.6) is 0 Å². The topological polar surface area (TPSA) is 56.5 Å². The molecular formula is C18H16FN5S. The highest BCUT2D eigenvalue weighted by Gasteiger charge is 2.12. The van der Waals surface area contributed by atoms with Crippen molar-refractivity contribution >= 4 is 22.2 Å². The molecule has 0 saturated heterocycles. The standard InChI is InChI=1S/C18H16FN5S/c1-11-21-14(13-4-3-12(19)9-15(13)22-11)5-6-17-23-16(10-24(17)2)18-20-7-8-25-18/h3-4,7-10H,5-6H2,1-2H3. The average molecular weight is 353 g/mol. The molecule has 0 amide bonds. The molecule has 3 heterocycles. The molecule has 4 rings (SSSR count). The Morgan fingerprint density at radius 1 is 1.16 bits per heavy atom. The Kier molecular flexibility index (Phi) is 4.01. The van der Waals surface area contributed by atoms with Crippen molar-refractivity contribution in [1.29, 1.82) is 0 Å². The van der Waals surface area contributed by atoms with Crippen molar-refractivity contribution in [3.63, 3.8) is 0 Å². The molecule has 0 bridgehead atoms. The molecule has 0 saturated carbocycles. The molecule has 5 nitrogen and oxygen atoms in total. The van der Waals surface area contributed by atoms with E-state index in [0.29, 0.717) is 17.8 Å². The minimum atomic E-state index is -0.284. The minimum Gasteiger partial charge on any atom is -0.337 e. The lowest BCUT2D eigenvalue weighted by atomic mass is 10.1. The highest BCUT2D eigenvalue weighted by Crippen LogP contribution is 2.22. The van der Waals surface area contributed by atoms with Crippen LogP contribution in [0.4, 0.5) is 4.39 Å². The number of fused-ring (bicyclic) bond motifs is 1. The van der Waals surface area contributed by atoms with Crippen molar-refractivity contribution in [1.82, 2.24) is 24.5 Å². The quantitative estimate of drug-likeness (QED) is 0.561. The molecule has 0 aliphatic heterocycles. The van der Waals surface area contributed by atoms with Gasteiger partial charge in [0.05, 0.1) is 11.2 Å². The maximum atomic E-state index is 13.5. The lowest BCUT2D eigenvalue weighted by Crippen LogP contribution is -2.04. The Morgan fingerprint density at radius 2 is 2.04 bits per heavy atom. The van der Waals surface area contributed by atoms with E-state index >= 15 is 0 Å². The molecule has 1 aromatic carbocycles. The molecule has 0 atom stereocenters. The fourth-order valence-corrected chi connectivity index (χ4v) is 3.50. The van der Waals surface area contributed by atoms with Gasteiger partial charge in [-0.1, -0.05) is 0 Å². The average Bonchev–Trinajstić information content (AvgIpc) is 3.21. The molecule has 7 heteroatoms. The van der Waals surface area contributed by atoms with Crippen LogP contribution in [0.25, 0.3) is 21.6 Å². The summed E-state index contributed by atoms with van der Waals surface area (Å²) in [6.45, 7) is 1.83. The van der Waals surface area contributed by atoms with E-state index < -0.39 is 0 Å². The number of aromatic nitrogens is 5. The second-order valence-corrected chi connectivity index (χ2v) is 6.76. The monoisotopic (exact) mass is 353 g/mol. The first kappa shape index (κ1) is 15.8. The summed E-state index contributed by atoms with van der Waals surface area (Å²) in [4.78, 5) is 17.9. The highest BCUT2D eigenvalue weighted by molar-refractivity contribution is 7.13. The van der Waals surface area contributed by atoms with Gasteiger partial charge in [-0.25, -0.2) is 24.3 Å². The largest absolute Gasteiger partial charge is 0.337 e.